The Hall–Kier alpha value is -2.57. The lowest BCUT2D eigenvalue weighted by molar-refractivity contribution is 0.287. The topological polar surface area (TPSA) is 76.4 Å². The summed E-state index contributed by atoms with van der Waals surface area (Å²) >= 11 is 0. The fourth-order valence-electron chi connectivity index (χ4n) is 2.48. The predicted octanol–water partition coefficient (Wildman–Crippen LogP) is 2.80. The fourth-order valence-corrected chi connectivity index (χ4v) is 2.48. The number of aromatic nitrogens is 3. The second-order valence-corrected chi connectivity index (χ2v) is 6.99. The van der Waals surface area contributed by atoms with E-state index in [0.717, 1.165) is 42.7 Å². The SMILES string of the molecule is CCNC(=NCc1ccc(C)cc1OCCC(C)C)NCc1ncnn1C. The smallest absolute Gasteiger partial charge is 0.191 e. The lowest BCUT2D eigenvalue weighted by Gasteiger charge is -2.14. The number of nitrogens with one attached hydrogen (secondary N) is 2. The molecule has 0 aliphatic carbocycles. The molecule has 148 valence electrons. The van der Waals surface area contributed by atoms with Gasteiger partial charge in [-0.1, -0.05) is 26.0 Å². The van der Waals surface area contributed by atoms with Crippen molar-refractivity contribution >= 4 is 5.96 Å². The molecule has 0 aliphatic heterocycles. The van der Waals surface area contributed by atoms with Crippen LogP contribution in [0.3, 0.4) is 0 Å². The van der Waals surface area contributed by atoms with Gasteiger partial charge in [0.2, 0.25) is 0 Å². The first kappa shape index (κ1) is 20.7. The average Bonchev–Trinajstić information content (AvgIpc) is 3.03. The van der Waals surface area contributed by atoms with Crippen LogP contribution >= 0.6 is 0 Å². The Morgan fingerprint density at radius 1 is 1.30 bits per heavy atom. The molecular weight excluding hydrogens is 340 g/mol. The molecule has 7 nitrogen and oxygen atoms in total. The summed E-state index contributed by atoms with van der Waals surface area (Å²) in [4.78, 5) is 8.93. The van der Waals surface area contributed by atoms with Crippen LogP contribution in [-0.4, -0.2) is 33.9 Å². The highest BCUT2D eigenvalue weighted by molar-refractivity contribution is 5.79. The summed E-state index contributed by atoms with van der Waals surface area (Å²) in [6.45, 7) is 11.2. The van der Waals surface area contributed by atoms with Gasteiger partial charge in [-0.25, -0.2) is 9.98 Å². The summed E-state index contributed by atoms with van der Waals surface area (Å²) in [5.41, 5.74) is 2.27. The third-order valence-electron chi connectivity index (χ3n) is 4.15. The van der Waals surface area contributed by atoms with Crippen molar-refractivity contribution in [1.82, 2.24) is 25.4 Å². The van der Waals surface area contributed by atoms with Crippen molar-refractivity contribution in [3.05, 3.63) is 41.5 Å². The maximum atomic E-state index is 6.02. The Morgan fingerprint density at radius 3 is 2.78 bits per heavy atom. The normalized spacial score (nSPS) is 11.7. The van der Waals surface area contributed by atoms with E-state index in [4.69, 9.17) is 9.73 Å². The highest BCUT2D eigenvalue weighted by Gasteiger charge is 2.07. The Kier molecular flexibility index (Phi) is 8.10. The molecular formula is C20H32N6O. The standard InChI is InChI=1S/C20H32N6O/c1-6-21-20(23-13-19-24-14-25-26(19)5)22-12-17-8-7-16(4)11-18(17)27-10-9-15(2)3/h7-8,11,14-15H,6,9-10,12-13H2,1-5H3,(H2,21,22,23). The maximum absolute atomic E-state index is 6.02. The summed E-state index contributed by atoms with van der Waals surface area (Å²) < 4.78 is 7.77. The van der Waals surface area contributed by atoms with Crippen molar-refractivity contribution in [3.8, 4) is 5.75 Å². The fraction of sp³-hybridized carbons (Fsp3) is 0.550. The monoisotopic (exact) mass is 372 g/mol. The molecule has 1 heterocycles. The number of hydrogen-bond donors (Lipinski definition) is 2. The summed E-state index contributed by atoms with van der Waals surface area (Å²) in [6.07, 6.45) is 2.59. The zero-order chi connectivity index (χ0) is 19.6. The van der Waals surface area contributed by atoms with E-state index in [9.17, 15) is 0 Å². The number of nitrogens with zero attached hydrogens (tertiary/aromatic N) is 4. The first-order chi connectivity index (χ1) is 13.0. The Bertz CT molecular complexity index is 738. The van der Waals surface area contributed by atoms with E-state index < -0.39 is 0 Å². The number of aryl methyl sites for hydroxylation is 2. The van der Waals surface area contributed by atoms with E-state index in [1.54, 1.807) is 11.0 Å². The Morgan fingerprint density at radius 2 is 2.11 bits per heavy atom. The van der Waals surface area contributed by atoms with Gasteiger partial charge in [0.15, 0.2) is 5.96 Å². The van der Waals surface area contributed by atoms with Crippen molar-refractivity contribution in [2.24, 2.45) is 18.0 Å². The van der Waals surface area contributed by atoms with Crippen LogP contribution in [-0.2, 0) is 20.1 Å². The molecule has 0 spiro atoms. The molecule has 7 heteroatoms. The molecule has 1 aromatic carbocycles. The van der Waals surface area contributed by atoms with Crippen molar-refractivity contribution in [2.45, 2.75) is 47.2 Å². The van der Waals surface area contributed by atoms with Crippen LogP contribution in [0.2, 0.25) is 0 Å². The molecule has 2 N–H and O–H groups in total. The highest BCUT2D eigenvalue weighted by Crippen LogP contribution is 2.22. The zero-order valence-electron chi connectivity index (χ0n) is 17.1. The van der Waals surface area contributed by atoms with Crippen LogP contribution in [0.5, 0.6) is 5.75 Å². The molecule has 0 amide bonds. The van der Waals surface area contributed by atoms with Crippen LogP contribution < -0.4 is 15.4 Å². The van der Waals surface area contributed by atoms with Crippen LogP contribution in [0, 0.1) is 12.8 Å². The molecule has 0 radical (unpaired) electrons. The summed E-state index contributed by atoms with van der Waals surface area (Å²) in [5.74, 6) is 3.15. The molecule has 2 rings (SSSR count). The lowest BCUT2D eigenvalue weighted by Crippen LogP contribution is -2.37. The minimum absolute atomic E-state index is 0.547. The third kappa shape index (κ3) is 6.92. The predicted molar refractivity (Wildman–Crippen MR) is 109 cm³/mol. The maximum Gasteiger partial charge on any atom is 0.191 e. The van der Waals surface area contributed by atoms with Gasteiger partial charge in [-0.3, -0.25) is 4.68 Å². The van der Waals surface area contributed by atoms with Gasteiger partial charge in [0.1, 0.15) is 17.9 Å². The van der Waals surface area contributed by atoms with E-state index in [2.05, 4.69) is 59.7 Å². The average molecular weight is 373 g/mol. The number of ether oxygens (including phenoxy) is 1. The molecule has 0 fully saturated rings. The molecule has 0 saturated carbocycles. The molecule has 0 atom stereocenters. The van der Waals surface area contributed by atoms with Crippen molar-refractivity contribution in [1.29, 1.82) is 0 Å². The molecule has 27 heavy (non-hydrogen) atoms. The molecule has 0 bridgehead atoms. The van der Waals surface area contributed by atoms with Gasteiger partial charge in [0, 0.05) is 19.2 Å². The molecule has 0 aliphatic rings. The van der Waals surface area contributed by atoms with E-state index >= 15 is 0 Å². The molecule has 1 aromatic heterocycles. The summed E-state index contributed by atoms with van der Waals surface area (Å²) in [6, 6.07) is 6.28. The number of rotatable bonds is 9. The number of benzene rings is 1. The Balaban J connectivity index is 2.04. The van der Waals surface area contributed by atoms with Crippen LogP contribution in [0.15, 0.2) is 29.5 Å². The minimum atomic E-state index is 0.547. The van der Waals surface area contributed by atoms with Gasteiger partial charge >= 0.3 is 0 Å². The minimum Gasteiger partial charge on any atom is -0.493 e. The van der Waals surface area contributed by atoms with Crippen LogP contribution in [0.25, 0.3) is 0 Å². The highest BCUT2D eigenvalue weighted by atomic mass is 16.5. The van der Waals surface area contributed by atoms with Gasteiger partial charge in [-0.15, -0.1) is 0 Å². The second kappa shape index (κ2) is 10.5. The number of hydrogen-bond acceptors (Lipinski definition) is 4. The molecule has 2 aromatic rings. The van der Waals surface area contributed by atoms with E-state index in [-0.39, 0.29) is 0 Å². The van der Waals surface area contributed by atoms with Crippen LogP contribution in [0.4, 0.5) is 0 Å². The second-order valence-electron chi connectivity index (χ2n) is 6.99. The first-order valence-electron chi connectivity index (χ1n) is 9.57. The number of aliphatic imine (C=N–C) groups is 1. The number of guanidine groups is 1. The van der Waals surface area contributed by atoms with Gasteiger partial charge in [0.25, 0.3) is 0 Å². The lowest BCUT2D eigenvalue weighted by atomic mass is 10.1. The van der Waals surface area contributed by atoms with Crippen molar-refractivity contribution in [2.75, 3.05) is 13.2 Å². The zero-order valence-corrected chi connectivity index (χ0v) is 17.1. The summed E-state index contributed by atoms with van der Waals surface area (Å²) in [7, 11) is 1.88. The largest absolute Gasteiger partial charge is 0.493 e. The van der Waals surface area contributed by atoms with E-state index in [1.165, 1.54) is 5.56 Å². The first-order valence-corrected chi connectivity index (χ1v) is 9.57. The van der Waals surface area contributed by atoms with Crippen LogP contribution in [0.1, 0.15) is 44.1 Å². The third-order valence-corrected chi connectivity index (χ3v) is 4.15. The van der Waals surface area contributed by atoms with Gasteiger partial charge < -0.3 is 15.4 Å². The van der Waals surface area contributed by atoms with Crippen molar-refractivity contribution < 1.29 is 4.74 Å². The summed E-state index contributed by atoms with van der Waals surface area (Å²) in [5, 5.41) is 10.6. The molecule has 0 unspecified atom stereocenters. The van der Waals surface area contributed by atoms with Gasteiger partial charge in [-0.2, -0.15) is 5.10 Å². The Labute approximate surface area is 162 Å². The quantitative estimate of drug-likeness (QED) is 0.523. The van der Waals surface area contributed by atoms with Gasteiger partial charge in [0.05, 0.1) is 19.7 Å². The van der Waals surface area contributed by atoms with E-state index in [0.29, 0.717) is 19.0 Å². The van der Waals surface area contributed by atoms with Gasteiger partial charge in [-0.05, 0) is 37.8 Å². The molecule has 0 saturated heterocycles. The van der Waals surface area contributed by atoms with E-state index in [1.807, 2.05) is 14.0 Å². The van der Waals surface area contributed by atoms with Crippen molar-refractivity contribution in [3.63, 3.8) is 0 Å².